The molecule has 0 atom stereocenters. The molecule has 20 heavy (non-hydrogen) atoms. The second-order valence-electron chi connectivity index (χ2n) is 3.73. The summed E-state index contributed by atoms with van der Waals surface area (Å²) in [4.78, 5) is 32.1. The number of esters is 2. The molecule has 0 unspecified atom stereocenters. The van der Waals surface area contributed by atoms with E-state index in [9.17, 15) is 19.7 Å². The molecule has 0 aliphatic rings. The molecule has 0 fully saturated rings. The van der Waals surface area contributed by atoms with Crippen LogP contribution in [0, 0.1) is 10.1 Å². The Morgan fingerprint density at radius 3 is 2.15 bits per heavy atom. The molecule has 0 spiro atoms. The number of benzene rings is 1. The zero-order chi connectivity index (χ0) is 15.3. The van der Waals surface area contributed by atoms with Crippen LogP contribution < -0.4 is 4.74 Å². The van der Waals surface area contributed by atoms with Crippen molar-refractivity contribution in [1.29, 1.82) is 0 Å². The van der Waals surface area contributed by atoms with Gasteiger partial charge >= 0.3 is 11.9 Å². The minimum Gasteiger partial charge on any atom is -0.496 e. The highest BCUT2D eigenvalue weighted by atomic mass is 16.7. The number of carbonyl (C=O) groups excluding carboxylic acids is 2. The van der Waals surface area contributed by atoms with Gasteiger partial charge in [-0.1, -0.05) is 0 Å². The predicted molar refractivity (Wildman–Crippen MR) is 65.9 cm³/mol. The molecule has 0 heterocycles. The van der Waals surface area contributed by atoms with Gasteiger partial charge < -0.3 is 14.2 Å². The molecule has 1 aromatic carbocycles. The van der Waals surface area contributed by atoms with Crippen LogP contribution in [0.2, 0.25) is 0 Å². The summed E-state index contributed by atoms with van der Waals surface area (Å²) in [6, 6.07) is 3.64. The van der Waals surface area contributed by atoms with E-state index in [0.29, 0.717) is 0 Å². The van der Waals surface area contributed by atoms with E-state index in [1.807, 2.05) is 0 Å². The van der Waals surface area contributed by atoms with Gasteiger partial charge in [0.05, 0.1) is 23.7 Å². The van der Waals surface area contributed by atoms with Gasteiger partial charge in [-0.25, -0.2) is 0 Å². The highest BCUT2D eigenvalue weighted by Gasteiger charge is 2.24. The first-order valence-corrected chi connectivity index (χ1v) is 5.52. The van der Waals surface area contributed by atoms with Crippen molar-refractivity contribution in [2.75, 3.05) is 7.11 Å². The normalized spacial score (nSPS) is 10.0. The van der Waals surface area contributed by atoms with E-state index < -0.39 is 23.2 Å². The maximum Gasteiger partial charge on any atom is 0.305 e. The number of non-ortho nitro benzene ring substituents is 1. The maximum absolute atomic E-state index is 11.0. The van der Waals surface area contributed by atoms with Gasteiger partial charge in [-0.3, -0.25) is 19.7 Å². The molecule has 0 saturated heterocycles. The van der Waals surface area contributed by atoms with Gasteiger partial charge in [0.1, 0.15) is 5.75 Å². The number of hydrogen-bond acceptors (Lipinski definition) is 7. The first-order valence-electron chi connectivity index (χ1n) is 5.52. The van der Waals surface area contributed by atoms with Crippen LogP contribution in [0.25, 0.3) is 0 Å². The zero-order valence-electron chi connectivity index (χ0n) is 11.1. The predicted octanol–water partition coefficient (Wildman–Crippen LogP) is 1.73. The largest absolute Gasteiger partial charge is 0.496 e. The van der Waals surface area contributed by atoms with Gasteiger partial charge in [-0.2, -0.15) is 0 Å². The van der Waals surface area contributed by atoms with E-state index in [0.717, 1.165) is 19.9 Å². The summed E-state index contributed by atoms with van der Waals surface area (Å²) in [5, 5.41) is 10.7. The Balaban J connectivity index is 3.20. The first-order chi connectivity index (χ1) is 9.35. The fourth-order valence-corrected chi connectivity index (χ4v) is 1.46. The van der Waals surface area contributed by atoms with Crippen LogP contribution >= 0.6 is 0 Å². The maximum atomic E-state index is 11.0. The third-order valence-electron chi connectivity index (χ3n) is 2.23. The SMILES string of the molecule is COc1cc([N+](=O)[O-])ccc1C(OC(C)=O)OC(C)=O. The van der Waals surface area contributed by atoms with E-state index in [1.54, 1.807) is 0 Å². The Morgan fingerprint density at radius 2 is 1.75 bits per heavy atom. The van der Waals surface area contributed by atoms with Crippen molar-refractivity contribution in [3.05, 3.63) is 33.9 Å². The lowest BCUT2D eigenvalue weighted by atomic mass is 10.1. The molecule has 8 nitrogen and oxygen atoms in total. The summed E-state index contributed by atoms with van der Waals surface area (Å²) in [6.45, 7) is 2.29. The minimum absolute atomic E-state index is 0.0756. The molecule has 108 valence electrons. The lowest BCUT2D eigenvalue weighted by Gasteiger charge is -2.18. The molecule has 0 aliphatic carbocycles. The van der Waals surface area contributed by atoms with Crippen LogP contribution in [0.5, 0.6) is 5.75 Å². The second-order valence-corrected chi connectivity index (χ2v) is 3.73. The Hall–Kier alpha value is -2.64. The van der Waals surface area contributed by atoms with Crippen LogP contribution in [0.4, 0.5) is 5.69 Å². The van der Waals surface area contributed by atoms with Crippen LogP contribution in [0.15, 0.2) is 18.2 Å². The lowest BCUT2D eigenvalue weighted by Crippen LogP contribution is -2.15. The van der Waals surface area contributed by atoms with Crippen molar-refractivity contribution in [3.8, 4) is 5.75 Å². The Labute approximate surface area is 114 Å². The molecular formula is C12H13NO7. The summed E-state index contributed by atoms with van der Waals surface area (Å²) >= 11 is 0. The van der Waals surface area contributed by atoms with Crippen molar-refractivity contribution in [2.45, 2.75) is 20.1 Å². The zero-order valence-corrected chi connectivity index (χ0v) is 11.1. The summed E-state index contributed by atoms with van der Waals surface area (Å²) in [5.74, 6) is -1.26. The van der Waals surface area contributed by atoms with Crippen LogP contribution in [0.1, 0.15) is 25.7 Å². The van der Waals surface area contributed by atoms with Crippen molar-refractivity contribution in [3.63, 3.8) is 0 Å². The highest BCUT2D eigenvalue weighted by Crippen LogP contribution is 2.32. The summed E-state index contributed by atoms with van der Waals surface area (Å²) in [5.41, 5.74) is -0.00139. The number of nitro benzene ring substituents is 1. The summed E-state index contributed by atoms with van der Waals surface area (Å²) < 4.78 is 14.7. The monoisotopic (exact) mass is 283 g/mol. The van der Waals surface area contributed by atoms with E-state index in [4.69, 9.17) is 14.2 Å². The van der Waals surface area contributed by atoms with Crippen LogP contribution in [-0.4, -0.2) is 24.0 Å². The van der Waals surface area contributed by atoms with E-state index in [1.165, 1.54) is 19.2 Å². The Kier molecular flexibility index (Phi) is 5.01. The Morgan fingerprint density at radius 1 is 1.20 bits per heavy atom. The number of carbonyl (C=O) groups is 2. The number of ether oxygens (including phenoxy) is 3. The third kappa shape index (κ3) is 3.94. The molecule has 0 N–H and O–H groups in total. The van der Waals surface area contributed by atoms with E-state index in [-0.39, 0.29) is 17.0 Å². The van der Waals surface area contributed by atoms with Crippen LogP contribution in [-0.2, 0) is 19.1 Å². The quantitative estimate of drug-likeness (QED) is 0.350. The van der Waals surface area contributed by atoms with Crippen LogP contribution in [0.3, 0.4) is 0 Å². The second kappa shape index (κ2) is 6.50. The molecule has 8 heteroatoms. The van der Waals surface area contributed by atoms with Gasteiger partial charge in [0.2, 0.25) is 0 Å². The molecular weight excluding hydrogens is 270 g/mol. The highest BCUT2D eigenvalue weighted by molar-refractivity contribution is 5.68. The molecule has 1 rings (SSSR count). The molecule has 0 aliphatic heterocycles. The van der Waals surface area contributed by atoms with Gasteiger partial charge in [-0.05, 0) is 6.07 Å². The van der Waals surface area contributed by atoms with Gasteiger partial charge in [0.15, 0.2) is 0 Å². The average molecular weight is 283 g/mol. The van der Waals surface area contributed by atoms with Gasteiger partial charge in [-0.15, -0.1) is 0 Å². The standard InChI is InChI=1S/C12H13NO7/c1-7(14)19-12(20-8(2)15)10-5-4-9(13(16)17)6-11(10)18-3/h4-6,12H,1-3H3. The van der Waals surface area contributed by atoms with Crippen molar-refractivity contribution in [2.24, 2.45) is 0 Å². The summed E-state index contributed by atoms with van der Waals surface area (Å²) in [6.07, 6.45) is -1.32. The molecule has 0 bridgehead atoms. The molecule has 0 amide bonds. The topological polar surface area (TPSA) is 105 Å². The minimum atomic E-state index is -1.32. The number of methoxy groups -OCH3 is 1. The van der Waals surface area contributed by atoms with Gasteiger partial charge in [0.25, 0.3) is 12.0 Å². The molecule has 0 aromatic heterocycles. The molecule has 1 aromatic rings. The molecule has 0 saturated carbocycles. The lowest BCUT2D eigenvalue weighted by molar-refractivity contribution is -0.385. The number of rotatable bonds is 5. The van der Waals surface area contributed by atoms with E-state index >= 15 is 0 Å². The fourth-order valence-electron chi connectivity index (χ4n) is 1.46. The third-order valence-corrected chi connectivity index (χ3v) is 2.23. The number of hydrogen-bond donors (Lipinski definition) is 0. The molecule has 0 radical (unpaired) electrons. The first kappa shape index (κ1) is 15.4. The average Bonchev–Trinajstić information content (AvgIpc) is 2.35. The van der Waals surface area contributed by atoms with E-state index in [2.05, 4.69) is 0 Å². The van der Waals surface area contributed by atoms with Crippen molar-refractivity contribution < 1.29 is 28.7 Å². The smallest absolute Gasteiger partial charge is 0.305 e. The number of nitrogens with zero attached hydrogens (tertiary/aromatic N) is 1. The van der Waals surface area contributed by atoms with Gasteiger partial charge in [0, 0.05) is 19.9 Å². The fraction of sp³-hybridized carbons (Fsp3) is 0.333. The van der Waals surface area contributed by atoms with Crippen molar-refractivity contribution in [1.82, 2.24) is 0 Å². The summed E-state index contributed by atoms with van der Waals surface area (Å²) in [7, 11) is 1.29. The number of nitro groups is 1. The van der Waals surface area contributed by atoms with Crippen molar-refractivity contribution >= 4 is 17.6 Å². The Bertz CT molecular complexity index is 525.